The lowest BCUT2D eigenvalue weighted by Gasteiger charge is -2.50. The number of benzene rings is 1. The van der Waals surface area contributed by atoms with E-state index in [2.05, 4.69) is 10.3 Å². The Labute approximate surface area is 196 Å². The molecule has 0 saturated carbocycles. The van der Waals surface area contributed by atoms with E-state index in [1.165, 1.54) is 29.2 Å². The highest BCUT2D eigenvalue weighted by atomic mass is 19.4. The van der Waals surface area contributed by atoms with Crippen LogP contribution in [0.2, 0.25) is 0 Å². The molecule has 6 nitrogen and oxygen atoms in total. The number of nitrogens with one attached hydrogen (secondary N) is 1. The summed E-state index contributed by atoms with van der Waals surface area (Å²) in [6, 6.07) is 10.8. The van der Waals surface area contributed by atoms with Gasteiger partial charge in [-0.25, -0.2) is 0 Å². The summed E-state index contributed by atoms with van der Waals surface area (Å²) in [5.41, 5.74) is -1.93. The summed E-state index contributed by atoms with van der Waals surface area (Å²) in [5, 5.41) is 2.91. The van der Waals surface area contributed by atoms with Gasteiger partial charge in [0.05, 0.1) is 0 Å². The summed E-state index contributed by atoms with van der Waals surface area (Å²) in [7, 11) is 0.912. The van der Waals surface area contributed by atoms with Gasteiger partial charge in [-0.15, -0.1) is 0 Å². The molecule has 2 aromatic rings. The van der Waals surface area contributed by atoms with Crippen molar-refractivity contribution < 1.29 is 27.5 Å². The lowest BCUT2D eigenvalue weighted by atomic mass is 9.63. The van der Waals surface area contributed by atoms with Crippen LogP contribution >= 0.6 is 0 Å². The zero-order valence-corrected chi connectivity index (χ0v) is 19.2. The SMILES string of the molecule is CO[C@@](C(=O)N1CCC2(CC1)CC(=O)NC[C@H]2c1ncccc1C)(c1ccccc1)C(F)(F)F. The third-order valence-electron chi connectivity index (χ3n) is 7.37. The Balaban J connectivity index is 1.63. The van der Waals surface area contributed by atoms with Crippen molar-refractivity contribution in [2.24, 2.45) is 5.41 Å². The van der Waals surface area contributed by atoms with Crippen LogP contribution in [0.1, 0.15) is 42.0 Å². The van der Waals surface area contributed by atoms with Crippen LogP contribution in [-0.4, -0.2) is 54.6 Å². The third-order valence-corrected chi connectivity index (χ3v) is 7.37. The molecule has 9 heteroatoms. The number of nitrogens with zero attached hydrogens (tertiary/aromatic N) is 2. The van der Waals surface area contributed by atoms with Gasteiger partial charge in [0.1, 0.15) is 0 Å². The maximum Gasteiger partial charge on any atom is 0.430 e. The molecule has 2 amide bonds. The molecule has 0 aliphatic carbocycles. The summed E-state index contributed by atoms with van der Waals surface area (Å²) < 4.78 is 48.1. The molecule has 0 unspecified atom stereocenters. The van der Waals surface area contributed by atoms with Crippen LogP contribution in [0.15, 0.2) is 48.7 Å². The van der Waals surface area contributed by atoms with Crippen LogP contribution in [0.4, 0.5) is 13.2 Å². The number of carbonyl (C=O) groups is 2. The lowest BCUT2D eigenvalue weighted by molar-refractivity contribution is -0.271. The van der Waals surface area contributed by atoms with Crippen molar-refractivity contribution in [2.75, 3.05) is 26.7 Å². The number of hydrogen-bond donors (Lipinski definition) is 1. The molecule has 1 aromatic carbocycles. The first-order chi connectivity index (χ1) is 16.1. The molecule has 0 bridgehead atoms. The van der Waals surface area contributed by atoms with E-state index >= 15 is 0 Å². The largest absolute Gasteiger partial charge is 0.430 e. The molecule has 2 fully saturated rings. The number of piperidine rings is 2. The molecule has 34 heavy (non-hydrogen) atoms. The number of hydrogen-bond acceptors (Lipinski definition) is 4. The molecule has 2 saturated heterocycles. The Kier molecular flexibility index (Phi) is 6.42. The van der Waals surface area contributed by atoms with E-state index in [4.69, 9.17) is 4.74 Å². The van der Waals surface area contributed by atoms with Gasteiger partial charge < -0.3 is 15.0 Å². The minimum absolute atomic E-state index is 0.0763. The molecule has 2 atom stereocenters. The number of aryl methyl sites for hydroxylation is 1. The standard InChI is InChI=1S/C25H28F3N3O3/c1-17-7-6-12-29-21(17)19-16-30-20(32)15-23(19)10-13-31(14-11-23)22(33)24(34-2,25(26,27)28)18-8-4-3-5-9-18/h3-9,12,19H,10-11,13-16H2,1-2H3,(H,30,32)/t19-,24+/m0/s1. The highest BCUT2D eigenvalue weighted by molar-refractivity contribution is 5.88. The van der Waals surface area contributed by atoms with Crippen molar-refractivity contribution in [3.63, 3.8) is 0 Å². The third kappa shape index (κ3) is 3.96. The van der Waals surface area contributed by atoms with E-state index < -0.39 is 23.1 Å². The van der Waals surface area contributed by atoms with Crippen LogP contribution < -0.4 is 5.32 Å². The molecule has 2 aliphatic heterocycles. The number of methoxy groups -OCH3 is 1. The van der Waals surface area contributed by atoms with Crippen LogP contribution in [0.3, 0.4) is 0 Å². The average molecular weight is 476 g/mol. The first-order valence-electron chi connectivity index (χ1n) is 11.3. The number of aromatic nitrogens is 1. The van der Waals surface area contributed by atoms with Crippen LogP contribution in [0, 0.1) is 12.3 Å². The summed E-state index contributed by atoms with van der Waals surface area (Å²) in [5.74, 6) is -1.29. The number of rotatable bonds is 4. The molecule has 1 aromatic heterocycles. The minimum atomic E-state index is -4.95. The number of likely N-dealkylation sites (tertiary alicyclic amines) is 1. The van der Waals surface area contributed by atoms with Crippen molar-refractivity contribution >= 4 is 11.8 Å². The highest BCUT2D eigenvalue weighted by Gasteiger charge is 2.64. The van der Waals surface area contributed by atoms with Gasteiger partial charge in [0, 0.05) is 56.5 Å². The summed E-state index contributed by atoms with van der Waals surface area (Å²) in [6.45, 7) is 2.57. The van der Waals surface area contributed by atoms with Gasteiger partial charge in [0.15, 0.2) is 0 Å². The Morgan fingerprint density at radius 1 is 1.15 bits per heavy atom. The number of amides is 2. The summed E-state index contributed by atoms with van der Waals surface area (Å²) in [6.07, 6.45) is -2.18. The Hall–Kier alpha value is -2.94. The molecule has 182 valence electrons. The quantitative estimate of drug-likeness (QED) is 0.732. The second-order valence-corrected chi connectivity index (χ2v) is 9.14. The number of carbonyl (C=O) groups excluding carboxylic acids is 2. The van der Waals surface area contributed by atoms with E-state index in [9.17, 15) is 22.8 Å². The second kappa shape index (κ2) is 9.02. The Bertz CT molecular complexity index is 1050. The monoisotopic (exact) mass is 475 g/mol. The zero-order chi connectivity index (χ0) is 24.6. The number of halogens is 3. The Morgan fingerprint density at radius 2 is 1.82 bits per heavy atom. The second-order valence-electron chi connectivity index (χ2n) is 9.14. The Morgan fingerprint density at radius 3 is 2.41 bits per heavy atom. The maximum absolute atomic E-state index is 14.4. The number of alkyl halides is 3. The smallest absolute Gasteiger partial charge is 0.356 e. The lowest BCUT2D eigenvalue weighted by Crippen LogP contribution is -2.60. The highest BCUT2D eigenvalue weighted by Crippen LogP contribution is 2.50. The van der Waals surface area contributed by atoms with Gasteiger partial charge in [0.2, 0.25) is 5.91 Å². The topological polar surface area (TPSA) is 71.5 Å². The maximum atomic E-state index is 14.4. The van der Waals surface area contributed by atoms with Crippen molar-refractivity contribution in [1.29, 1.82) is 0 Å². The fraction of sp³-hybridized carbons (Fsp3) is 0.480. The van der Waals surface area contributed by atoms with Gasteiger partial charge in [-0.1, -0.05) is 36.4 Å². The summed E-state index contributed by atoms with van der Waals surface area (Å²) in [4.78, 5) is 31.6. The minimum Gasteiger partial charge on any atom is -0.356 e. The van der Waals surface area contributed by atoms with E-state index in [1.807, 2.05) is 19.1 Å². The van der Waals surface area contributed by atoms with Crippen molar-refractivity contribution in [3.05, 3.63) is 65.5 Å². The zero-order valence-electron chi connectivity index (χ0n) is 19.2. The normalized spacial score (nSPS) is 22.2. The van der Waals surface area contributed by atoms with Gasteiger partial charge in [-0.05, 0) is 36.8 Å². The van der Waals surface area contributed by atoms with Gasteiger partial charge in [-0.2, -0.15) is 13.2 Å². The fourth-order valence-electron chi connectivity index (χ4n) is 5.49. The summed E-state index contributed by atoms with van der Waals surface area (Å²) >= 11 is 0. The van der Waals surface area contributed by atoms with Crippen molar-refractivity contribution in [3.8, 4) is 0 Å². The van der Waals surface area contributed by atoms with E-state index in [0.29, 0.717) is 19.4 Å². The predicted octanol–water partition coefficient (Wildman–Crippen LogP) is 3.71. The van der Waals surface area contributed by atoms with Gasteiger partial charge >= 0.3 is 6.18 Å². The van der Waals surface area contributed by atoms with Gasteiger partial charge in [0.25, 0.3) is 11.5 Å². The van der Waals surface area contributed by atoms with Gasteiger partial charge in [-0.3, -0.25) is 14.6 Å². The molecule has 1 spiro atoms. The van der Waals surface area contributed by atoms with E-state index in [0.717, 1.165) is 18.4 Å². The van der Waals surface area contributed by atoms with Crippen LogP contribution in [0.5, 0.6) is 0 Å². The van der Waals surface area contributed by atoms with Crippen LogP contribution in [-0.2, 0) is 19.9 Å². The molecular formula is C25H28F3N3O3. The van der Waals surface area contributed by atoms with Crippen LogP contribution in [0.25, 0.3) is 0 Å². The average Bonchev–Trinajstić information content (AvgIpc) is 2.81. The van der Waals surface area contributed by atoms with Crippen molar-refractivity contribution in [2.45, 2.75) is 43.9 Å². The van der Waals surface area contributed by atoms with Crippen molar-refractivity contribution in [1.82, 2.24) is 15.2 Å². The molecule has 1 N–H and O–H groups in total. The first kappa shape index (κ1) is 24.2. The number of pyridine rings is 1. The predicted molar refractivity (Wildman–Crippen MR) is 119 cm³/mol. The first-order valence-corrected chi connectivity index (χ1v) is 11.3. The number of ether oxygens (including phenoxy) is 1. The molecule has 4 rings (SSSR count). The molecule has 2 aliphatic rings. The van der Waals surface area contributed by atoms with E-state index in [1.54, 1.807) is 12.3 Å². The molecule has 0 radical (unpaired) electrons. The fourth-order valence-corrected chi connectivity index (χ4v) is 5.49. The molecule has 3 heterocycles. The van der Waals surface area contributed by atoms with E-state index in [-0.39, 0.29) is 36.9 Å². The molecular weight excluding hydrogens is 447 g/mol.